The van der Waals surface area contributed by atoms with Gasteiger partial charge in [-0.3, -0.25) is 9.59 Å². The van der Waals surface area contributed by atoms with Gasteiger partial charge in [0.1, 0.15) is 0 Å². The van der Waals surface area contributed by atoms with E-state index < -0.39 is 16.4 Å². The lowest BCUT2D eigenvalue weighted by atomic mass is 9.66. The topological polar surface area (TPSA) is 67.8 Å². The molecule has 0 radical (unpaired) electrons. The minimum absolute atomic E-state index is 0.287. The number of ether oxygens (including phenoxy) is 1. The largest absolute Gasteiger partial charge is 0.448 e. The van der Waals surface area contributed by atoms with Crippen molar-refractivity contribution in [1.82, 2.24) is 5.43 Å². The van der Waals surface area contributed by atoms with Gasteiger partial charge in [0.15, 0.2) is 5.60 Å². The molecule has 1 aliphatic carbocycles. The molecule has 0 spiro atoms. The predicted molar refractivity (Wildman–Crippen MR) is 93.9 cm³/mol. The third-order valence-corrected chi connectivity index (χ3v) is 6.69. The first-order chi connectivity index (χ1) is 11.3. The molecule has 128 valence electrons. The van der Waals surface area contributed by atoms with Gasteiger partial charge < -0.3 is 4.74 Å². The van der Waals surface area contributed by atoms with Gasteiger partial charge in [0, 0.05) is 10.3 Å². The lowest BCUT2D eigenvalue weighted by Gasteiger charge is -2.34. The maximum Gasteiger partial charge on any atom is 0.313 e. The second-order valence-electron chi connectivity index (χ2n) is 7.15. The van der Waals surface area contributed by atoms with E-state index in [2.05, 4.69) is 10.5 Å². The number of carbonyl (C=O) groups excluding carboxylic acids is 2. The Labute approximate surface area is 146 Å². The van der Waals surface area contributed by atoms with E-state index in [0.717, 1.165) is 5.56 Å². The molecule has 1 aromatic carbocycles. The summed E-state index contributed by atoms with van der Waals surface area (Å²) in [5, 5.41) is 4.04. The molecule has 2 unspecified atom stereocenters. The number of benzene rings is 1. The number of hydrogen-bond acceptors (Lipinski definition) is 5. The van der Waals surface area contributed by atoms with Crippen LogP contribution in [0.3, 0.4) is 0 Å². The van der Waals surface area contributed by atoms with Crippen molar-refractivity contribution in [3.63, 3.8) is 0 Å². The van der Waals surface area contributed by atoms with E-state index in [1.807, 2.05) is 51.3 Å². The molecule has 1 aliphatic heterocycles. The molecule has 0 aromatic heterocycles. The lowest BCUT2D eigenvalue weighted by molar-refractivity contribution is -0.168. The second-order valence-corrected chi connectivity index (χ2v) is 8.03. The number of nitrogens with zero attached hydrogens (tertiary/aromatic N) is 1. The van der Waals surface area contributed by atoms with Crippen molar-refractivity contribution in [3.8, 4) is 0 Å². The zero-order valence-electron chi connectivity index (χ0n) is 14.4. The van der Waals surface area contributed by atoms with Gasteiger partial charge >= 0.3 is 5.97 Å². The molecule has 2 aliphatic rings. The third-order valence-electron chi connectivity index (χ3n) is 5.95. The number of fused-ring (bicyclic) bond motifs is 2. The summed E-state index contributed by atoms with van der Waals surface area (Å²) in [7, 11) is 0. The quantitative estimate of drug-likeness (QED) is 0.394. The van der Waals surface area contributed by atoms with Crippen molar-refractivity contribution in [2.45, 2.75) is 44.1 Å². The number of hydrazone groups is 1. The Morgan fingerprint density at radius 1 is 1.25 bits per heavy atom. The van der Waals surface area contributed by atoms with Gasteiger partial charge in [-0.25, -0.2) is 5.43 Å². The van der Waals surface area contributed by atoms with Gasteiger partial charge in [0.05, 0.1) is 11.6 Å². The first kappa shape index (κ1) is 17.0. The van der Waals surface area contributed by atoms with Crippen LogP contribution in [0.5, 0.6) is 0 Å². The van der Waals surface area contributed by atoms with Gasteiger partial charge in [0.25, 0.3) is 5.91 Å². The summed E-state index contributed by atoms with van der Waals surface area (Å²) in [6.07, 6.45) is 4.80. The maximum absolute atomic E-state index is 12.7. The molecule has 2 fully saturated rings. The van der Waals surface area contributed by atoms with Crippen LogP contribution in [0.4, 0.5) is 0 Å². The van der Waals surface area contributed by atoms with Crippen molar-refractivity contribution in [1.29, 1.82) is 0 Å². The lowest BCUT2D eigenvalue weighted by Crippen LogP contribution is -2.52. The molecule has 3 rings (SSSR count). The summed E-state index contributed by atoms with van der Waals surface area (Å²) < 4.78 is 5.53. The number of amides is 1. The molecule has 6 heteroatoms. The van der Waals surface area contributed by atoms with Crippen LogP contribution in [0.1, 0.15) is 39.2 Å². The van der Waals surface area contributed by atoms with Crippen molar-refractivity contribution < 1.29 is 14.3 Å². The van der Waals surface area contributed by atoms with E-state index in [-0.39, 0.29) is 11.9 Å². The molecule has 24 heavy (non-hydrogen) atoms. The highest BCUT2D eigenvalue weighted by atomic mass is 32.2. The van der Waals surface area contributed by atoms with E-state index in [9.17, 15) is 9.59 Å². The molecule has 2 bridgehead atoms. The highest BCUT2D eigenvalue weighted by molar-refractivity contribution is 7.98. The zero-order chi connectivity index (χ0) is 17.6. The van der Waals surface area contributed by atoms with Gasteiger partial charge in [-0.2, -0.15) is 5.10 Å². The van der Waals surface area contributed by atoms with E-state index in [0.29, 0.717) is 12.8 Å². The Bertz CT molecular complexity index is 713. The molecule has 2 atom stereocenters. The van der Waals surface area contributed by atoms with Crippen LogP contribution < -0.4 is 5.43 Å². The summed E-state index contributed by atoms with van der Waals surface area (Å²) in [5.74, 6) is -0.635. The van der Waals surface area contributed by atoms with Crippen LogP contribution in [0.15, 0.2) is 34.3 Å². The number of rotatable bonds is 4. The second kappa shape index (κ2) is 5.62. The molecule has 1 saturated carbocycles. The van der Waals surface area contributed by atoms with Crippen molar-refractivity contribution in [2.75, 3.05) is 6.26 Å². The van der Waals surface area contributed by atoms with Crippen LogP contribution in [0.25, 0.3) is 0 Å². The summed E-state index contributed by atoms with van der Waals surface area (Å²) in [4.78, 5) is 26.1. The predicted octanol–water partition coefficient (Wildman–Crippen LogP) is 2.98. The zero-order valence-corrected chi connectivity index (χ0v) is 15.2. The molecule has 1 saturated heterocycles. The molecule has 1 aromatic rings. The highest BCUT2D eigenvalue weighted by Crippen LogP contribution is 2.65. The van der Waals surface area contributed by atoms with Crippen molar-refractivity contribution in [2.24, 2.45) is 15.9 Å². The Kier molecular flexibility index (Phi) is 3.98. The number of hydrogen-bond donors (Lipinski definition) is 1. The summed E-state index contributed by atoms with van der Waals surface area (Å²) in [6.45, 7) is 5.73. The number of nitrogens with one attached hydrogen (secondary N) is 1. The molecular weight excluding hydrogens is 324 g/mol. The van der Waals surface area contributed by atoms with Gasteiger partial charge in [-0.15, -0.1) is 11.8 Å². The molecule has 1 heterocycles. The maximum atomic E-state index is 12.7. The van der Waals surface area contributed by atoms with Crippen molar-refractivity contribution >= 4 is 29.9 Å². The monoisotopic (exact) mass is 346 g/mol. The number of carbonyl (C=O) groups is 2. The molecule has 1 N–H and O–H groups in total. The van der Waals surface area contributed by atoms with Crippen LogP contribution >= 0.6 is 11.8 Å². The Morgan fingerprint density at radius 3 is 2.42 bits per heavy atom. The third kappa shape index (κ3) is 2.19. The Morgan fingerprint density at radius 2 is 1.92 bits per heavy atom. The average Bonchev–Trinajstić information content (AvgIpc) is 2.86. The SMILES string of the molecule is CSc1ccc(C=NNC(=O)C23CCC(C)(C(=O)O2)C3(C)C)cc1. The van der Waals surface area contributed by atoms with Crippen LogP contribution in [0.2, 0.25) is 0 Å². The Hall–Kier alpha value is -1.82. The molecule has 5 nitrogen and oxygen atoms in total. The first-order valence-corrected chi connectivity index (χ1v) is 9.20. The molecular formula is C18H22N2O3S. The fraction of sp³-hybridized carbons (Fsp3) is 0.500. The summed E-state index contributed by atoms with van der Waals surface area (Å²) >= 11 is 1.67. The van der Waals surface area contributed by atoms with Crippen LogP contribution in [0, 0.1) is 10.8 Å². The van der Waals surface area contributed by atoms with Crippen LogP contribution in [-0.2, 0) is 14.3 Å². The fourth-order valence-electron chi connectivity index (χ4n) is 3.69. The fourth-order valence-corrected chi connectivity index (χ4v) is 4.10. The van der Waals surface area contributed by atoms with E-state index in [4.69, 9.17) is 4.74 Å². The molecule has 1 amide bonds. The smallest absolute Gasteiger partial charge is 0.313 e. The number of thioether (sulfide) groups is 1. The standard InChI is InChI=1S/C18H22N2O3S/c1-16(2)17(3)9-10-18(16,23-15(17)22)14(21)20-19-11-12-5-7-13(24-4)8-6-12/h5-8,11H,9-10H2,1-4H3,(H,20,21). The van der Waals surface area contributed by atoms with E-state index >= 15 is 0 Å². The van der Waals surface area contributed by atoms with Gasteiger partial charge in [0.2, 0.25) is 0 Å². The highest BCUT2D eigenvalue weighted by Gasteiger charge is 2.75. The first-order valence-electron chi connectivity index (χ1n) is 7.98. The van der Waals surface area contributed by atoms with Crippen molar-refractivity contribution in [3.05, 3.63) is 29.8 Å². The van der Waals surface area contributed by atoms with Gasteiger partial charge in [-0.05, 0) is 43.7 Å². The van der Waals surface area contributed by atoms with E-state index in [1.165, 1.54) is 4.90 Å². The van der Waals surface area contributed by atoms with Gasteiger partial charge in [-0.1, -0.05) is 26.0 Å². The summed E-state index contributed by atoms with van der Waals surface area (Å²) in [5.41, 5.74) is 1.16. The minimum Gasteiger partial charge on any atom is -0.448 e. The van der Waals surface area contributed by atoms with Crippen LogP contribution in [-0.4, -0.2) is 29.9 Å². The number of esters is 1. The Balaban J connectivity index is 1.73. The average molecular weight is 346 g/mol. The minimum atomic E-state index is -1.13. The summed E-state index contributed by atoms with van der Waals surface area (Å²) in [6, 6.07) is 7.87. The van der Waals surface area contributed by atoms with E-state index in [1.54, 1.807) is 18.0 Å². The normalized spacial score (nSPS) is 30.6.